The highest BCUT2D eigenvalue weighted by Gasteiger charge is 2.07. The number of aromatic carboxylic acids is 1. The summed E-state index contributed by atoms with van der Waals surface area (Å²) in [7, 11) is 0. The van der Waals surface area contributed by atoms with Crippen LogP contribution < -0.4 is 5.56 Å². The summed E-state index contributed by atoms with van der Waals surface area (Å²) in [5.41, 5.74) is 1.75. The van der Waals surface area contributed by atoms with Crippen LogP contribution in [0.4, 0.5) is 0 Å². The van der Waals surface area contributed by atoms with Gasteiger partial charge in [0.1, 0.15) is 5.52 Å². The van der Waals surface area contributed by atoms with Gasteiger partial charge in [0.15, 0.2) is 0 Å². The first-order chi connectivity index (χ1) is 8.16. The van der Waals surface area contributed by atoms with Crippen molar-refractivity contribution in [1.29, 1.82) is 0 Å². The molecule has 0 saturated heterocycles. The zero-order valence-corrected chi connectivity index (χ0v) is 8.68. The molecular weight excluding hydrogens is 220 g/mol. The molecule has 17 heavy (non-hydrogen) atoms. The van der Waals surface area contributed by atoms with E-state index in [4.69, 9.17) is 5.11 Å². The molecule has 5 heteroatoms. The molecule has 0 fully saturated rings. The van der Waals surface area contributed by atoms with Gasteiger partial charge in [-0.2, -0.15) is 0 Å². The number of H-pyrrole nitrogens is 1. The summed E-state index contributed by atoms with van der Waals surface area (Å²) in [6.45, 7) is 0. The summed E-state index contributed by atoms with van der Waals surface area (Å²) in [6.07, 6.45) is 1.77. The summed E-state index contributed by atoms with van der Waals surface area (Å²) in [4.78, 5) is 25.2. The van der Waals surface area contributed by atoms with Gasteiger partial charge in [0.05, 0.1) is 16.6 Å². The number of aromatic nitrogens is 2. The van der Waals surface area contributed by atoms with Crippen LogP contribution in [0.1, 0.15) is 10.4 Å². The summed E-state index contributed by atoms with van der Waals surface area (Å²) in [6, 6.07) is 8.14. The van der Waals surface area contributed by atoms with Crippen LogP contribution in [0.15, 0.2) is 41.3 Å². The Hall–Kier alpha value is -2.56. The van der Waals surface area contributed by atoms with E-state index >= 15 is 0 Å². The number of benzene rings is 1. The Morgan fingerprint density at radius 2 is 2.06 bits per heavy atom. The van der Waals surface area contributed by atoms with E-state index in [0.29, 0.717) is 11.0 Å². The maximum Gasteiger partial charge on any atom is 0.335 e. The predicted molar refractivity (Wildman–Crippen MR) is 62.5 cm³/mol. The maximum atomic E-state index is 11.7. The Kier molecular flexibility index (Phi) is 1.82. The average molecular weight is 228 g/mol. The zero-order chi connectivity index (χ0) is 12.0. The zero-order valence-electron chi connectivity index (χ0n) is 8.68. The number of carboxylic acid groups (broad SMARTS) is 1. The van der Waals surface area contributed by atoms with Gasteiger partial charge < -0.3 is 14.5 Å². The molecular formula is C12H8N2O3. The standard InChI is InChI=1S/C12H8N2O3/c15-11-10-2-1-5-14(10)9-4-3-7(12(16)17)6-8(9)13-11/h1-6H,(H,13,15)(H,16,17). The van der Waals surface area contributed by atoms with E-state index in [-0.39, 0.29) is 11.1 Å². The molecule has 0 amide bonds. The second kappa shape index (κ2) is 3.21. The third kappa shape index (κ3) is 1.32. The van der Waals surface area contributed by atoms with Crippen molar-refractivity contribution in [3.05, 3.63) is 52.4 Å². The van der Waals surface area contributed by atoms with Gasteiger partial charge in [-0.05, 0) is 30.3 Å². The van der Waals surface area contributed by atoms with Crippen molar-refractivity contribution in [2.24, 2.45) is 0 Å². The van der Waals surface area contributed by atoms with E-state index in [1.807, 2.05) is 0 Å². The minimum absolute atomic E-state index is 0.152. The van der Waals surface area contributed by atoms with Gasteiger partial charge in [-0.1, -0.05) is 0 Å². The molecule has 2 aromatic heterocycles. The lowest BCUT2D eigenvalue weighted by atomic mass is 10.2. The molecule has 2 heterocycles. The molecule has 0 unspecified atom stereocenters. The smallest absolute Gasteiger partial charge is 0.335 e. The Balaban J connectivity index is 2.50. The van der Waals surface area contributed by atoms with Crippen molar-refractivity contribution in [3.8, 4) is 0 Å². The van der Waals surface area contributed by atoms with Crippen LogP contribution in [-0.2, 0) is 0 Å². The number of hydrogen-bond acceptors (Lipinski definition) is 2. The SMILES string of the molecule is O=C(O)c1ccc2c(c1)[nH]c(=O)c1cccn12. The highest BCUT2D eigenvalue weighted by molar-refractivity contribution is 5.92. The van der Waals surface area contributed by atoms with Crippen molar-refractivity contribution in [3.63, 3.8) is 0 Å². The van der Waals surface area contributed by atoms with Crippen molar-refractivity contribution >= 4 is 22.5 Å². The first-order valence-electron chi connectivity index (χ1n) is 5.03. The quantitative estimate of drug-likeness (QED) is 0.662. The van der Waals surface area contributed by atoms with Crippen LogP contribution in [0.2, 0.25) is 0 Å². The number of rotatable bonds is 1. The van der Waals surface area contributed by atoms with Gasteiger partial charge in [0.2, 0.25) is 0 Å². The third-order valence-electron chi connectivity index (χ3n) is 2.73. The van der Waals surface area contributed by atoms with Crippen LogP contribution in [0, 0.1) is 0 Å². The first-order valence-corrected chi connectivity index (χ1v) is 5.03. The number of fused-ring (bicyclic) bond motifs is 3. The van der Waals surface area contributed by atoms with Gasteiger partial charge in [-0.25, -0.2) is 4.79 Å². The van der Waals surface area contributed by atoms with E-state index in [2.05, 4.69) is 4.98 Å². The predicted octanol–water partition coefficient (Wildman–Crippen LogP) is 1.48. The number of hydrogen-bond donors (Lipinski definition) is 2. The molecule has 0 bridgehead atoms. The highest BCUT2D eigenvalue weighted by Crippen LogP contribution is 2.14. The van der Waals surface area contributed by atoms with Crippen LogP contribution in [0.3, 0.4) is 0 Å². The average Bonchev–Trinajstić information content (AvgIpc) is 2.78. The molecule has 2 N–H and O–H groups in total. The first kappa shape index (κ1) is 9.65. The topological polar surface area (TPSA) is 74.6 Å². The monoisotopic (exact) mass is 228 g/mol. The third-order valence-corrected chi connectivity index (χ3v) is 2.73. The Bertz CT molecular complexity index is 798. The molecule has 0 saturated carbocycles. The van der Waals surface area contributed by atoms with E-state index in [0.717, 1.165) is 5.52 Å². The largest absolute Gasteiger partial charge is 0.478 e. The Morgan fingerprint density at radius 3 is 2.82 bits per heavy atom. The Labute approximate surface area is 94.9 Å². The summed E-state index contributed by atoms with van der Waals surface area (Å²) >= 11 is 0. The van der Waals surface area contributed by atoms with Crippen LogP contribution in [-0.4, -0.2) is 20.5 Å². The van der Waals surface area contributed by atoms with Gasteiger partial charge in [0, 0.05) is 6.20 Å². The lowest BCUT2D eigenvalue weighted by Gasteiger charge is -2.03. The van der Waals surface area contributed by atoms with E-state index in [1.165, 1.54) is 12.1 Å². The normalized spacial score (nSPS) is 11.1. The van der Waals surface area contributed by atoms with Gasteiger partial charge in [-0.3, -0.25) is 4.79 Å². The Morgan fingerprint density at radius 1 is 1.24 bits per heavy atom. The molecule has 3 rings (SSSR count). The molecule has 1 aromatic carbocycles. The molecule has 0 radical (unpaired) electrons. The number of nitrogens with zero attached hydrogens (tertiary/aromatic N) is 1. The minimum atomic E-state index is -1.01. The van der Waals surface area contributed by atoms with Crippen molar-refractivity contribution in [2.45, 2.75) is 0 Å². The van der Waals surface area contributed by atoms with Crippen molar-refractivity contribution in [1.82, 2.24) is 9.38 Å². The fourth-order valence-corrected chi connectivity index (χ4v) is 1.94. The lowest BCUT2D eigenvalue weighted by molar-refractivity contribution is 0.0697. The molecule has 0 aliphatic heterocycles. The van der Waals surface area contributed by atoms with Gasteiger partial charge >= 0.3 is 5.97 Å². The maximum absolute atomic E-state index is 11.7. The molecule has 0 aliphatic rings. The molecule has 3 aromatic rings. The molecule has 0 atom stereocenters. The van der Waals surface area contributed by atoms with E-state index in [9.17, 15) is 9.59 Å². The van der Waals surface area contributed by atoms with Crippen molar-refractivity contribution < 1.29 is 9.90 Å². The molecule has 84 valence electrons. The summed E-state index contributed by atoms with van der Waals surface area (Å²) in [5.74, 6) is -1.01. The van der Waals surface area contributed by atoms with Crippen LogP contribution in [0.25, 0.3) is 16.6 Å². The van der Waals surface area contributed by atoms with Crippen molar-refractivity contribution in [2.75, 3.05) is 0 Å². The minimum Gasteiger partial charge on any atom is -0.478 e. The summed E-state index contributed by atoms with van der Waals surface area (Å²) < 4.78 is 1.74. The number of carbonyl (C=O) groups is 1. The van der Waals surface area contributed by atoms with Crippen LogP contribution >= 0.6 is 0 Å². The van der Waals surface area contributed by atoms with Gasteiger partial charge in [-0.15, -0.1) is 0 Å². The second-order valence-electron chi connectivity index (χ2n) is 3.75. The second-order valence-corrected chi connectivity index (χ2v) is 3.75. The molecule has 5 nitrogen and oxygen atoms in total. The number of carboxylic acids is 1. The highest BCUT2D eigenvalue weighted by atomic mass is 16.4. The van der Waals surface area contributed by atoms with E-state index in [1.54, 1.807) is 28.8 Å². The van der Waals surface area contributed by atoms with Crippen LogP contribution in [0.5, 0.6) is 0 Å². The fourth-order valence-electron chi connectivity index (χ4n) is 1.94. The number of nitrogens with one attached hydrogen (secondary N) is 1. The lowest BCUT2D eigenvalue weighted by Crippen LogP contribution is -2.10. The van der Waals surface area contributed by atoms with E-state index < -0.39 is 5.97 Å². The fraction of sp³-hybridized carbons (Fsp3) is 0. The molecule has 0 aliphatic carbocycles. The van der Waals surface area contributed by atoms with Gasteiger partial charge in [0.25, 0.3) is 5.56 Å². The summed E-state index contributed by atoms with van der Waals surface area (Å²) in [5, 5.41) is 8.89. The number of aromatic amines is 1. The molecule has 0 spiro atoms.